The van der Waals surface area contributed by atoms with Gasteiger partial charge in [-0.05, 0) is 44.2 Å². The van der Waals surface area contributed by atoms with E-state index in [-0.39, 0.29) is 11.0 Å². The zero-order valence-corrected chi connectivity index (χ0v) is 12.3. The van der Waals surface area contributed by atoms with Crippen LogP contribution in [0.1, 0.15) is 39.7 Å². The minimum absolute atomic E-state index is 0.145. The van der Waals surface area contributed by atoms with Gasteiger partial charge in [0.1, 0.15) is 0 Å². The zero-order valence-electron chi connectivity index (χ0n) is 12.3. The van der Waals surface area contributed by atoms with Crippen LogP contribution in [0.15, 0.2) is 43.0 Å². The van der Waals surface area contributed by atoms with Crippen LogP contribution in [0.2, 0.25) is 0 Å². The molecule has 0 saturated carbocycles. The molecule has 0 aliphatic heterocycles. The summed E-state index contributed by atoms with van der Waals surface area (Å²) in [4.78, 5) is 0. The van der Waals surface area contributed by atoms with Crippen molar-refractivity contribution < 1.29 is 0 Å². The Morgan fingerprint density at radius 1 is 1.11 bits per heavy atom. The van der Waals surface area contributed by atoms with Crippen LogP contribution in [0.4, 0.5) is 0 Å². The molecule has 1 aromatic carbocycles. The van der Waals surface area contributed by atoms with Crippen molar-refractivity contribution in [1.82, 2.24) is 5.32 Å². The lowest BCUT2D eigenvalue weighted by Crippen LogP contribution is -2.43. The van der Waals surface area contributed by atoms with Gasteiger partial charge in [0, 0.05) is 5.54 Å². The van der Waals surface area contributed by atoms with Gasteiger partial charge < -0.3 is 5.32 Å². The van der Waals surface area contributed by atoms with Crippen molar-refractivity contribution >= 4 is 0 Å². The summed E-state index contributed by atoms with van der Waals surface area (Å²) in [6, 6.07) is 10.6. The molecule has 0 aliphatic rings. The van der Waals surface area contributed by atoms with E-state index in [4.69, 9.17) is 0 Å². The van der Waals surface area contributed by atoms with Crippen LogP contribution in [0.5, 0.6) is 0 Å². The highest BCUT2D eigenvalue weighted by atomic mass is 14.9. The van der Waals surface area contributed by atoms with Gasteiger partial charge >= 0.3 is 0 Å². The number of hydrogen-bond donors (Lipinski definition) is 1. The Morgan fingerprint density at radius 3 is 2.28 bits per heavy atom. The van der Waals surface area contributed by atoms with Crippen molar-refractivity contribution in [3.8, 4) is 0 Å². The predicted molar refractivity (Wildman–Crippen MR) is 80.8 cm³/mol. The summed E-state index contributed by atoms with van der Waals surface area (Å²) in [5.74, 6) is 0. The van der Waals surface area contributed by atoms with Crippen LogP contribution < -0.4 is 5.32 Å². The fourth-order valence-corrected chi connectivity index (χ4v) is 2.46. The third-order valence-corrected chi connectivity index (χ3v) is 3.31. The molecule has 0 amide bonds. The molecule has 0 fully saturated rings. The average Bonchev–Trinajstić information content (AvgIpc) is 2.29. The van der Waals surface area contributed by atoms with Crippen LogP contribution in [-0.4, -0.2) is 12.1 Å². The van der Waals surface area contributed by atoms with Gasteiger partial charge in [0.25, 0.3) is 0 Å². The summed E-state index contributed by atoms with van der Waals surface area (Å²) in [5, 5.41) is 3.65. The van der Waals surface area contributed by atoms with Crippen molar-refractivity contribution in [2.75, 3.05) is 6.54 Å². The topological polar surface area (TPSA) is 12.0 Å². The van der Waals surface area contributed by atoms with Crippen LogP contribution in [0, 0.1) is 5.41 Å². The minimum Gasteiger partial charge on any atom is -0.311 e. The highest BCUT2D eigenvalue weighted by Gasteiger charge is 2.25. The number of hydrogen-bond acceptors (Lipinski definition) is 1. The summed E-state index contributed by atoms with van der Waals surface area (Å²) in [6.45, 7) is 13.9. The third kappa shape index (κ3) is 5.50. The molecule has 0 aromatic heterocycles. The predicted octanol–water partition coefficient (Wildman–Crippen LogP) is 4.20. The van der Waals surface area contributed by atoms with Crippen LogP contribution in [0.25, 0.3) is 0 Å². The molecule has 1 rings (SSSR count). The van der Waals surface area contributed by atoms with Crippen LogP contribution >= 0.6 is 0 Å². The minimum atomic E-state index is 0.145. The Balaban J connectivity index is 2.40. The molecular weight excluding hydrogens is 218 g/mol. The molecule has 0 saturated heterocycles. The summed E-state index contributed by atoms with van der Waals surface area (Å²) < 4.78 is 0. The lowest BCUT2D eigenvalue weighted by Gasteiger charge is -2.34. The SMILES string of the molecule is C=CC(C)(C)CC(C)(C)NCCc1ccccc1. The molecule has 100 valence electrons. The van der Waals surface area contributed by atoms with Crippen LogP contribution in [0.3, 0.4) is 0 Å². The molecule has 0 atom stereocenters. The highest BCUT2D eigenvalue weighted by Crippen LogP contribution is 2.28. The lowest BCUT2D eigenvalue weighted by atomic mass is 9.80. The maximum Gasteiger partial charge on any atom is 0.0133 e. The van der Waals surface area contributed by atoms with E-state index >= 15 is 0 Å². The molecule has 0 heterocycles. The summed E-state index contributed by atoms with van der Waals surface area (Å²) >= 11 is 0. The van der Waals surface area contributed by atoms with Gasteiger partial charge in [-0.15, -0.1) is 6.58 Å². The van der Waals surface area contributed by atoms with Gasteiger partial charge in [0.15, 0.2) is 0 Å². The van der Waals surface area contributed by atoms with E-state index in [9.17, 15) is 0 Å². The van der Waals surface area contributed by atoms with E-state index in [1.165, 1.54) is 5.56 Å². The lowest BCUT2D eigenvalue weighted by molar-refractivity contribution is 0.270. The Hall–Kier alpha value is -1.08. The van der Waals surface area contributed by atoms with Gasteiger partial charge in [-0.1, -0.05) is 50.3 Å². The Labute approximate surface area is 112 Å². The first-order valence-electron chi connectivity index (χ1n) is 6.77. The first-order valence-corrected chi connectivity index (χ1v) is 6.77. The molecular formula is C17H27N. The monoisotopic (exact) mass is 245 g/mol. The van der Waals surface area contributed by atoms with Crippen molar-refractivity contribution in [1.29, 1.82) is 0 Å². The maximum atomic E-state index is 3.92. The van der Waals surface area contributed by atoms with Gasteiger partial charge in [0.2, 0.25) is 0 Å². The standard InChI is InChI=1S/C17H27N/c1-6-16(2,3)14-17(4,5)18-13-12-15-10-8-7-9-11-15/h6-11,18H,1,12-14H2,2-5H3. The van der Waals surface area contributed by atoms with Gasteiger partial charge in [0.05, 0.1) is 0 Å². The van der Waals surface area contributed by atoms with Crippen molar-refractivity contribution in [3.63, 3.8) is 0 Å². The summed E-state index contributed by atoms with van der Waals surface area (Å²) in [7, 11) is 0. The number of allylic oxidation sites excluding steroid dienone is 1. The highest BCUT2D eigenvalue weighted by molar-refractivity contribution is 5.14. The molecule has 0 unspecified atom stereocenters. The van der Waals surface area contributed by atoms with Crippen molar-refractivity contribution in [2.45, 2.75) is 46.1 Å². The third-order valence-electron chi connectivity index (χ3n) is 3.31. The second-order valence-electron chi connectivity index (χ2n) is 6.42. The second kappa shape index (κ2) is 6.19. The van der Waals surface area contributed by atoms with Gasteiger partial charge in [-0.25, -0.2) is 0 Å². The Morgan fingerprint density at radius 2 is 1.72 bits per heavy atom. The largest absolute Gasteiger partial charge is 0.311 e. The van der Waals surface area contributed by atoms with E-state index in [0.717, 1.165) is 19.4 Å². The van der Waals surface area contributed by atoms with E-state index in [1.807, 2.05) is 6.08 Å². The first kappa shape index (κ1) is 15.0. The summed E-state index contributed by atoms with van der Waals surface area (Å²) in [5.41, 5.74) is 1.72. The van der Waals surface area contributed by atoms with Gasteiger partial charge in [-0.3, -0.25) is 0 Å². The molecule has 0 aliphatic carbocycles. The molecule has 18 heavy (non-hydrogen) atoms. The molecule has 1 nitrogen and oxygen atoms in total. The molecule has 1 N–H and O–H groups in total. The van der Waals surface area contributed by atoms with E-state index < -0.39 is 0 Å². The average molecular weight is 245 g/mol. The van der Waals surface area contributed by atoms with E-state index in [1.54, 1.807) is 0 Å². The molecule has 1 heteroatoms. The smallest absolute Gasteiger partial charge is 0.0133 e. The number of nitrogens with one attached hydrogen (secondary N) is 1. The van der Waals surface area contributed by atoms with Gasteiger partial charge in [-0.2, -0.15) is 0 Å². The number of rotatable bonds is 7. The molecule has 0 bridgehead atoms. The van der Waals surface area contributed by atoms with E-state index in [0.29, 0.717) is 0 Å². The second-order valence-corrected chi connectivity index (χ2v) is 6.42. The zero-order chi connectivity index (χ0) is 13.6. The molecule has 0 spiro atoms. The molecule has 0 radical (unpaired) electrons. The van der Waals surface area contributed by atoms with Crippen molar-refractivity contribution in [2.24, 2.45) is 5.41 Å². The quantitative estimate of drug-likeness (QED) is 0.710. The first-order chi connectivity index (χ1) is 8.35. The number of benzene rings is 1. The van der Waals surface area contributed by atoms with Crippen molar-refractivity contribution in [3.05, 3.63) is 48.6 Å². The summed E-state index contributed by atoms with van der Waals surface area (Å²) in [6.07, 6.45) is 4.23. The Bertz CT molecular complexity index is 362. The Kier molecular flexibility index (Phi) is 5.15. The van der Waals surface area contributed by atoms with Crippen LogP contribution in [-0.2, 0) is 6.42 Å². The fourth-order valence-electron chi connectivity index (χ4n) is 2.46. The molecule has 1 aromatic rings. The normalized spacial score (nSPS) is 12.4. The fraction of sp³-hybridized carbons (Fsp3) is 0.529. The van der Waals surface area contributed by atoms with E-state index in [2.05, 4.69) is 69.9 Å². The maximum absolute atomic E-state index is 3.92.